The summed E-state index contributed by atoms with van der Waals surface area (Å²) in [6.07, 6.45) is 1.89. The minimum atomic E-state index is -0.869. The molecule has 4 nitrogen and oxygen atoms in total. The Labute approximate surface area is 173 Å². The Morgan fingerprint density at radius 3 is 2.14 bits per heavy atom. The summed E-state index contributed by atoms with van der Waals surface area (Å²) in [5, 5.41) is 31.9. The summed E-state index contributed by atoms with van der Waals surface area (Å²) in [6.45, 7) is 6.04. The van der Waals surface area contributed by atoms with Crippen LogP contribution in [0.1, 0.15) is 49.5 Å². The van der Waals surface area contributed by atoms with Gasteiger partial charge in [0.05, 0.1) is 17.3 Å². The van der Waals surface area contributed by atoms with E-state index >= 15 is 0 Å². The van der Waals surface area contributed by atoms with Crippen LogP contribution in [0, 0.1) is 11.8 Å². The first kappa shape index (κ1) is 20.5. The molecule has 1 aliphatic carbocycles. The summed E-state index contributed by atoms with van der Waals surface area (Å²) >= 11 is 0. The van der Waals surface area contributed by atoms with Crippen molar-refractivity contribution in [3.63, 3.8) is 0 Å². The predicted molar refractivity (Wildman–Crippen MR) is 114 cm³/mol. The van der Waals surface area contributed by atoms with Gasteiger partial charge in [-0.25, -0.2) is 0 Å². The van der Waals surface area contributed by atoms with Crippen molar-refractivity contribution >= 4 is 0 Å². The van der Waals surface area contributed by atoms with Gasteiger partial charge in [0.25, 0.3) is 0 Å². The van der Waals surface area contributed by atoms with Crippen LogP contribution in [-0.2, 0) is 12.0 Å². The Balaban J connectivity index is 1.31. The van der Waals surface area contributed by atoms with Crippen molar-refractivity contribution < 1.29 is 15.3 Å². The fourth-order valence-corrected chi connectivity index (χ4v) is 5.29. The third-order valence-electron chi connectivity index (χ3n) is 6.75. The molecular formula is C25H33NO3. The second-order valence-electron chi connectivity index (χ2n) is 9.73. The van der Waals surface area contributed by atoms with E-state index in [1.807, 2.05) is 42.5 Å². The third kappa shape index (κ3) is 4.72. The van der Waals surface area contributed by atoms with E-state index in [1.54, 1.807) is 13.8 Å². The van der Waals surface area contributed by atoms with Crippen molar-refractivity contribution in [3.8, 4) is 0 Å². The topological polar surface area (TPSA) is 63.9 Å². The molecule has 3 N–H and O–H groups in total. The van der Waals surface area contributed by atoms with E-state index in [2.05, 4.69) is 17.0 Å². The van der Waals surface area contributed by atoms with Crippen LogP contribution in [0.15, 0.2) is 54.6 Å². The summed E-state index contributed by atoms with van der Waals surface area (Å²) in [4.78, 5) is 2.34. The SMILES string of the molecule is CC(C)(O)c1ccc(C(O)CN2C[C@@H]3C[C@](O)(Cc4ccccc4)C[C@@H]3C2)cc1. The van der Waals surface area contributed by atoms with Gasteiger partial charge >= 0.3 is 0 Å². The number of hydrogen-bond acceptors (Lipinski definition) is 4. The second kappa shape index (κ2) is 7.84. The molecule has 156 valence electrons. The van der Waals surface area contributed by atoms with Gasteiger partial charge in [-0.15, -0.1) is 0 Å². The zero-order valence-electron chi connectivity index (χ0n) is 17.5. The number of aliphatic hydroxyl groups is 3. The number of benzene rings is 2. The molecule has 0 spiro atoms. The summed E-state index contributed by atoms with van der Waals surface area (Å²) in [7, 11) is 0. The molecular weight excluding hydrogens is 362 g/mol. The normalized spacial score (nSPS) is 28.4. The van der Waals surface area contributed by atoms with E-state index < -0.39 is 17.3 Å². The van der Waals surface area contributed by atoms with Gasteiger partial charge in [0.15, 0.2) is 0 Å². The minimum Gasteiger partial charge on any atom is -0.390 e. The average Bonchev–Trinajstić information content (AvgIpc) is 3.15. The lowest BCUT2D eigenvalue weighted by molar-refractivity contribution is 0.0328. The quantitative estimate of drug-likeness (QED) is 0.703. The Morgan fingerprint density at radius 1 is 1.00 bits per heavy atom. The van der Waals surface area contributed by atoms with Crippen LogP contribution in [0.2, 0.25) is 0 Å². The van der Waals surface area contributed by atoms with E-state index in [1.165, 1.54) is 5.56 Å². The Hall–Kier alpha value is -1.72. The van der Waals surface area contributed by atoms with Crippen LogP contribution in [0.3, 0.4) is 0 Å². The molecule has 0 amide bonds. The van der Waals surface area contributed by atoms with Crippen LogP contribution < -0.4 is 0 Å². The Kier molecular flexibility index (Phi) is 5.56. The van der Waals surface area contributed by atoms with Crippen LogP contribution in [0.25, 0.3) is 0 Å². The first-order valence-electron chi connectivity index (χ1n) is 10.7. The van der Waals surface area contributed by atoms with Crippen molar-refractivity contribution in [2.75, 3.05) is 19.6 Å². The van der Waals surface area contributed by atoms with Gasteiger partial charge in [0, 0.05) is 26.1 Å². The third-order valence-corrected chi connectivity index (χ3v) is 6.75. The number of aliphatic hydroxyl groups excluding tert-OH is 1. The fraction of sp³-hybridized carbons (Fsp3) is 0.520. The summed E-state index contributed by atoms with van der Waals surface area (Å²) in [5.74, 6) is 1.02. The van der Waals surface area contributed by atoms with Gasteiger partial charge in [-0.3, -0.25) is 4.90 Å². The largest absolute Gasteiger partial charge is 0.390 e. The molecule has 2 aromatic rings. The summed E-state index contributed by atoms with van der Waals surface area (Å²) < 4.78 is 0. The maximum atomic E-state index is 11.1. The molecule has 1 saturated heterocycles. The molecule has 4 rings (SSSR count). The molecule has 1 heterocycles. The van der Waals surface area contributed by atoms with Crippen LogP contribution in [0.5, 0.6) is 0 Å². The van der Waals surface area contributed by atoms with Crippen molar-refractivity contribution in [2.45, 2.75) is 50.4 Å². The maximum Gasteiger partial charge on any atom is 0.0916 e. The number of nitrogens with zero attached hydrogens (tertiary/aromatic N) is 1. The number of β-amino-alcohol motifs (C(OH)–C–C–N with tert-alkyl or cyclic N) is 1. The number of likely N-dealkylation sites (tertiary alicyclic amines) is 1. The lowest BCUT2D eigenvalue weighted by Gasteiger charge is -2.27. The second-order valence-corrected chi connectivity index (χ2v) is 9.73. The van der Waals surface area contributed by atoms with Gasteiger partial charge in [-0.1, -0.05) is 54.6 Å². The van der Waals surface area contributed by atoms with Gasteiger partial charge in [0.2, 0.25) is 0 Å². The van der Waals surface area contributed by atoms with Gasteiger partial charge < -0.3 is 15.3 Å². The molecule has 29 heavy (non-hydrogen) atoms. The van der Waals surface area contributed by atoms with Crippen molar-refractivity contribution in [1.29, 1.82) is 0 Å². The number of fused-ring (bicyclic) bond motifs is 1. The monoisotopic (exact) mass is 395 g/mol. The summed E-state index contributed by atoms with van der Waals surface area (Å²) in [5.41, 5.74) is 1.48. The highest BCUT2D eigenvalue weighted by Crippen LogP contribution is 2.45. The van der Waals surface area contributed by atoms with E-state index in [-0.39, 0.29) is 0 Å². The molecule has 4 atom stereocenters. The highest BCUT2D eigenvalue weighted by atomic mass is 16.3. The lowest BCUT2D eigenvalue weighted by atomic mass is 9.91. The van der Waals surface area contributed by atoms with Crippen LogP contribution in [0.4, 0.5) is 0 Å². The van der Waals surface area contributed by atoms with E-state index in [0.29, 0.717) is 18.4 Å². The zero-order valence-corrected chi connectivity index (χ0v) is 17.5. The van der Waals surface area contributed by atoms with E-state index in [0.717, 1.165) is 43.5 Å². The fourth-order valence-electron chi connectivity index (χ4n) is 5.29. The Bertz CT molecular complexity index is 798. The van der Waals surface area contributed by atoms with Gasteiger partial charge in [0.1, 0.15) is 0 Å². The molecule has 0 radical (unpaired) electrons. The van der Waals surface area contributed by atoms with E-state index in [9.17, 15) is 15.3 Å². The van der Waals surface area contributed by atoms with E-state index in [4.69, 9.17) is 0 Å². The minimum absolute atomic E-state index is 0.508. The molecule has 1 saturated carbocycles. The zero-order chi connectivity index (χ0) is 20.6. The van der Waals surface area contributed by atoms with Gasteiger partial charge in [-0.05, 0) is 55.2 Å². The average molecular weight is 396 g/mol. The number of rotatable bonds is 6. The predicted octanol–water partition coefficient (Wildman–Crippen LogP) is 3.26. The van der Waals surface area contributed by atoms with Gasteiger partial charge in [-0.2, -0.15) is 0 Å². The molecule has 1 aliphatic heterocycles. The molecule has 2 aromatic carbocycles. The molecule has 2 aliphatic rings. The van der Waals surface area contributed by atoms with Crippen molar-refractivity contribution in [1.82, 2.24) is 4.90 Å². The highest BCUT2D eigenvalue weighted by molar-refractivity contribution is 5.27. The summed E-state index contributed by atoms with van der Waals surface area (Å²) in [6, 6.07) is 17.9. The van der Waals surface area contributed by atoms with Crippen molar-refractivity contribution in [2.24, 2.45) is 11.8 Å². The highest BCUT2D eigenvalue weighted by Gasteiger charge is 2.48. The molecule has 4 heteroatoms. The van der Waals surface area contributed by atoms with Crippen LogP contribution in [-0.4, -0.2) is 45.5 Å². The number of hydrogen-bond donors (Lipinski definition) is 3. The van der Waals surface area contributed by atoms with Crippen LogP contribution >= 0.6 is 0 Å². The standard InChI is InChI=1S/C25H33NO3/c1-24(2,28)22-10-8-19(9-11-22)23(27)17-26-15-20-13-25(29,14-21(20)16-26)12-18-6-4-3-5-7-18/h3-11,20-21,23,27-29H,12-17H2,1-2H3/t20-,21+,23?,25+. The smallest absolute Gasteiger partial charge is 0.0916 e. The maximum absolute atomic E-state index is 11.1. The Morgan fingerprint density at radius 2 is 1.59 bits per heavy atom. The molecule has 1 unspecified atom stereocenters. The molecule has 2 fully saturated rings. The first-order valence-corrected chi connectivity index (χ1v) is 10.7. The molecule has 0 aromatic heterocycles. The first-order chi connectivity index (χ1) is 13.7. The lowest BCUT2D eigenvalue weighted by Crippen LogP contribution is -2.33. The van der Waals surface area contributed by atoms with Crippen molar-refractivity contribution in [3.05, 3.63) is 71.3 Å². The molecule has 0 bridgehead atoms.